The molecule has 0 bridgehead atoms. The van der Waals surface area contributed by atoms with Crippen molar-refractivity contribution in [2.24, 2.45) is 0 Å². The summed E-state index contributed by atoms with van der Waals surface area (Å²) in [5.74, 6) is -2.25. The SMILES string of the molecule is Cc1ccc(F)c(N2CC(=O)N3CCCC3C2=O)c1F. The van der Waals surface area contributed by atoms with Gasteiger partial charge in [-0.05, 0) is 31.4 Å². The predicted molar refractivity (Wildman–Crippen MR) is 68.2 cm³/mol. The molecule has 1 unspecified atom stereocenters. The molecule has 0 spiro atoms. The molecule has 106 valence electrons. The number of anilines is 1. The fourth-order valence-electron chi connectivity index (χ4n) is 2.88. The van der Waals surface area contributed by atoms with Gasteiger partial charge in [-0.3, -0.25) is 14.5 Å². The van der Waals surface area contributed by atoms with Crippen molar-refractivity contribution in [1.29, 1.82) is 0 Å². The molecule has 0 N–H and O–H groups in total. The normalized spacial score (nSPS) is 22.4. The van der Waals surface area contributed by atoms with Gasteiger partial charge in [0, 0.05) is 6.54 Å². The second kappa shape index (κ2) is 4.54. The molecule has 0 radical (unpaired) electrons. The highest BCUT2D eigenvalue weighted by molar-refractivity contribution is 6.07. The predicted octanol–water partition coefficient (Wildman–Crippen LogP) is 1.61. The molecule has 3 rings (SSSR count). The van der Waals surface area contributed by atoms with Crippen LogP contribution >= 0.6 is 0 Å². The van der Waals surface area contributed by atoms with E-state index in [1.54, 1.807) is 0 Å². The van der Waals surface area contributed by atoms with E-state index in [9.17, 15) is 18.4 Å². The molecule has 6 heteroatoms. The number of benzene rings is 1. The standard InChI is InChI=1S/C14H14F2N2O2/c1-8-4-5-9(15)13(12(8)16)18-7-11(19)17-6-2-3-10(17)14(18)20/h4-5,10H,2-3,6-7H2,1H3. The fraction of sp³-hybridized carbons (Fsp3) is 0.429. The van der Waals surface area contributed by atoms with Crippen molar-refractivity contribution in [2.75, 3.05) is 18.0 Å². The summed E-state index contributed by atoms with van der Waals surface area (Å²) in [5.41, 5.74) is -0.162. The van der Waals surface area contributed by atoms with Crippen molar-refractivity contribution >= 4 is 17.5 Å². The van der Waals surface area contributed by atoms with Crippen LogP contribution in [-0.2, 0) is 9.59 Å². The van der Waals surface area contributed by atoms with Gasteiger partial charge in [-0.2, -0.15) is 0 Å². The smallest absolute Gasteiger partial charge is 0.250 e. The molecule has 2 heterocycles. The van der Waals surface area contributed by atoms with Gasteiger partial charge in [0.15, 0.2) is 5.82 Å². The van der Waals surface area contributed by atoms with Gasteiger partial charge in [-0.15, -0.1) is 0 Å². The zero-order valence-electron chi connectivity index (χ0n) is 11.0. The van der Waals surface area contributed by atoms with Gasteiger partial charge in [-0.1, -0.05) is 6.07 Å². The molecule has 1 aromatic rings. The highest BCUT2D eigenvalue weighted by Gasteiger charge is 2.43. The summed E-state index contributed by atoms with van der Waals surface area (Å²) in [6, 6.07) is 1.86. The molecule has 20 heavy (non-hydrogen) atoms. The third kappa shape index (κ3) is 1.78. The van der Waals surface area contributed by atoms with Gasteiger partial charge in [-0.25, -0.2) is 8.78 Å². The van der Waals surface area contributed by atoms with Gasteiger partial charge in [0.05, 0.1) is 0 Å². The van der Waals surface area contributed by atoms with Gasteiger partial charge in [0.2, 0.25) is 11.8 Å². The van der Waals surface area contributed by atoms with Crippen molar-refractivity contribution in [2.45, 2.75) is 25.8 Å². The van der Waals surface area contributed by atoms with Crippen LogP contribution in [0.3, 0.4) is 0 Å². The van der Waals surface area contributed by atoms with Gasteiger partial charge < -0.3 is 4.90 Å². The van der Waals surface area contributed by atoms with E-state index in [0.717, 1.165) is 17.4 Å². The van der Waals surface area contributed by atoms with Crippen molar-refractivity contribution in [3.05, 3.63) is 29.3 Å². The summed E-state index contributed by atoms with van der Waals surface area (Å²) in [4.78, 5) is 26.8. The summed E-state index contributed by atoms with van der Waals surface area (Å²) in [7, 11) is 0. The van der Waals surface area contributed by atoms with Crippen LogP contribution in [0, 0.1) is 18.6 Å². The van der Waals surface area contributed by atoms with Crippen LogP contribution < -0.4 is 4.90 Å². The van der Waals surface area contributed by atoms with Crippen molar-refractivity contribution in [3.8, 4) is 0 Å². The van der Waals surface area contributed by atoms with Crippen LogP contribution in [0.2, 0.25) is 0 Å². The number of amides is 2. The molecule has 2 saturated heterocycles. The largest absolute Gasteiger partial charge is 0.329 e. The molecular weight excluding hydrogens is 266 g/mol. The molecule has 0 saturated carbocycles. The van der Waals surface area contributed by atoms with E-state index in [-0.39, 0.29) is 18.0 Å². The Hall–Kier alpha value is -1.98. The zero-order chi connectivity index (χ0) is 14.4. The molecular formula is C14H14F2N2O2. The number of hydrogen-bond acceptors (Lipinski definition) is 2. The second-order valence-corrected chi connectivity index (χ2v) is 5.20. The number of carbonyl (C=O) groups excluding carboxylic acids is 2. The van der Waals surface area contributed by atoms with E-state index in [4.69, 9.17) is 0 Å². The van der Waals surface area contributed by atoms with Crippen LogP contribution in [0.4, 0.5) is 14.5 Å². The summed E-state index contributed by atoms with van der Waals surface area (Å²) in [6.07, 6.45) is 1.30. The lowest BCUT2D eigenvalue weighted by Gasteiger charge is -2.36. The number of rotatable bonds is 1. The minimum Gasteiger partial charge on any atom is -0.329 e. The Morgan fingerprint density at radius 3 is 2.75 bits per heavy atom. The first kappa shape index (κ1) is 13.0. The molecule has 2 aliphatic rings. The lowest BCUT2D eigenvalue weighted by molar-refractivity contribution is -0.140. The van der Waals surface area contributed by atoms with Crippen LogP contribution in [0.25, 0.3) is 0 Å². The average Bonchev–Trinajstić information content (AvgIpc) is 2.90. The molecule has 2 fully saturated rings. The first-order valence-corrected chi connectivity index (χ1v) is 6.56. The van der Waals surface area contributed by atoms with E-state index in [1.165, 1.54) is 17.9 Å². The third-order valence-corrected chi connectivity index (χ3v) is 3.95. The maximum absolute atomic E-state index is 14.1. The van der Waals surface area contributed by atoms with E-state index in [2.05, 4.69) is 0 Å². The second-order valence-electron chi connectivity index (χ2n) is 5.20. The average molecular weight is 280 g/mol. The number of hydrogen-bond donors (Lipinski definition) is 0. The molecule has 2 amide bonds. The quantitative estimate of drug-likeness (QED) is 0.784. The molecule has 0 aromatic heterocycles. The molecule has 1 atom stereocenters. The first-order chi connectivity index (χ1) is 9.50. The number of nitrogens with zero attached hydrogens (tertiary/aromatic N) is 2. The lowest BCUT2D eigenvalue weighted by atomic mass is 10.1. The highest BCUT2D eigenvalue weighted by atomic mass is 19.1. The maximum Gasteiger partial charge on any atom is 0.250 e. The van der Waals surface area contributed by atoms with E-state index in [0.29, 0.717) is 13.0 Å². The van der Waals surface area contributed by atoms with Crippen LogP contribution in [0.1, 0.15) is 18.4 Å². The number of halogens is 2. The topological polar surface area (TPSA) is 40.6 Å². The highest BCUT2D eigenvalue weighted by Crippen LogP contribution is 2.31. The molecule has 4 nitrogen and oxygen atoms in total. The van der Waals surface area contributed by atoms with Crippen molar-refractivity contribution in [3.63, 3.8) is 0 Å². The van der Waals surface area contributed by atoms with Crippen LogP contribution in [-0.4, -0.2) is 35.8 Å². The Morgan fingerprint density at radius 2 is 2.00 bits per heavy atom. The van der Waals surface area contributed by atoms with Crippen LogP contribution in [0.5, 0.6) is 0 Å². The minimum atomic E-state index is -0.819. The van der Waals surface area contributed by atoms with Crippen molar-refractivity contribution < 1.29 is 18.4 Å². The Labute approximate surface area is 115 Å². The Bertz CT molecular complexity index is 603. The lowest BCUT2D eigenvalue weighted by Crippen LogP contribution is -2.58. The number of aryl methyl sites for hydroxylation is 1. The monoisotopic (exact) mass is 280 g/mol. The van der Waals surface area contributed by atoms with Gasteiger partial charge in [0.1, 0.15) is 24.1 Å². The molecule has 0 aliphatic carbocycles. The first-order valence-electron chi connectivity index (χ1n) is 6.56. The number of fused-ring (bicyclic) bond motifs is 1. The van der Waals surface area contributed by atoms with Gasteiger partial charge >= 0.3 is 0 Å². The Kier molecular flexibility index (Phi) is 2.96. The summed E-state index contributed by atoms with van der Waals surface area (Å²) in [6.45, 7) is 1.74. The Balaban J connectivity index is 2.04. The summed E-state index contributed by atoms with van der Waals surface area (Å²) < 4.78 is 28.0. The minimum absolute atomic E-state index is 0.246. The Morgan fingerprint density at radius 1 is 1.25 bits per heavy atom. The van der Waals surface area contributed by atoms with Crippen molar-refractivity contribution in [1.82, 2.24) is 4.90 Å². The summed E-state index contributed by atoms with van der Waals surface area (Å²) >= 11 is 0. The van der Waals surface area contributed by atoms with Crippen LogP contribution in [0.15, 0.2) is 12.1 Å². The number of piperazine rings is 1. The van der Waals surface area contributed by atoms with E-state index < -0.39 is 29.3 Å². The molecule has 1 aromatic carbocycles. The maximum atomic E-state index is 14.1. The van der Waals surface area contributed by atoms with E-state index >= 15 is 0 Å². The van der Waals surface area contributed by atoms with Gasteiger partial charge in [0.25, 0.3) is 0 Å². The summed E-state index contributed by atoms with van der Waals surface area (Å²) in [5, 5.41) is 0. The van der Waals surface area contributed by atoms with E-state index in [1.807, 2.05) is 0 Å². The molecule has 2 aliphatic heterocycles. The third-order valence-electron chi connectivity index (χ3n) is 3.95. The zero-order valence-corrected chi connectivity index (χ0v) is 11.0. The fourth-order valence-corrected chi connectivity index (χ4v) is 2.88. The number of carbonyl (C=O) groups is 2.